The molecule has 2 heterocycles. The van der Waals surface area contributed by atoms with Crippen LogP contribution in [0.4, 0.5) is 0 Å². The zero-order chi connectivity index (χ0) is 10.8. The molecule has 1 unspecified atom stereocenters. The van der Waals surface area contributed by atoms with E-state index >= 15 is 0 Å². The molecule has 2 aromatic rings. The van der Waals surface area contributed by atoms with Crippen LogP contribution in [-0.4, -0.2) is 15.4 Å². The van der Waals surface area contributed by atoms with Crippen molar-refractivity contribution >= 4 is 33.2 Å². The smallest absolute Gasteiger partial charge is 0.262 e. The van der Waals surface area contributed by atoms with Gasteiger partial charge in [-0.3, -0.25) is 9.36 Å². The predicted molar refractivity (Wildman–Crippen MR) is 63.8 cm³/mol. The number of alkyl halides is 1. The van der Waals surface area contributed by atoms with Crippen LogP contribution in [0.15, 0.2) is 22.6 Å². The molecule has 0 fully saturated rings. The lowest BCUT2D eigenvalue weighted by molar-refractivity contribution is 0.513. The summed E-state index contributed by atoms with van der Waals surface area (Å²) >= 11 is 7.20. The molecule has 2 aromatic heterocycles. The van der Waals surface area contributed by atoms with Gasteiger partial charge >= 0.3 is 0 Å². The van der Waals surface area contributed by atoms with E-state index in [1.165, 1.54) is 11.3 Å². The summed E-state index contributed by atoms with van der Waals surface area (Å²) in [7, 11) is 0. The summed E-state index contributed by atoms with van der Waals surface area (Å²) in [6.45, 7) is 2.64. The summed E-state index contributed by atoms with van der Waals surface area (Å²) in [5, 5.41) is 2.58. The van der Waals surface area contributed by atoms with E-state index in [2.05, 4.69) is 4.98 Å². The maximum absolute atomic E-state index is 11.9. The third-order valence-corrected chi connectivity index (χ3v) is 3.57. The topological polar surface area (TPSA) is 34.9 Å². The fourth-order valence-corrected chi connectivity index (χ4v) is 2.23. The Morgan fingerprint density at radius 3 is 3.20 bits per heavy atom. The molecule has 0 amide bonds. The maximum atomic E-state index is 11.9. The van der Waals surface area contributed by atoms with Crippen LogP contribution in [0.2, 0.25) is 0 Å². The van der Waals surface area contributed by atoms with Crippen molar-refractivity contribution in [2.75, 3.05) is 5.88 Å². The van der Waals surface area contributed by atoms with Crippen molar-refractivity contribution in [2.45, 2.75) is 13.5 Å². The van der Waals surface area contributed by atoms with Crippen LogP contribution in [0, 0.1) is 5.92 Å². The van der Waals surface area contributed by atoms with Gasteiger partial charge in [0.05, 0.1) is 11.7 Å². The summed E-state index contributed by atoms with van der Waals surface area (Å²) in [6, 6.07) is 1.82. The Hall–Kier alpha value is -0.870. The molecule has 0 saturated heterocycles. The van der Waals surface area contributed by atoms with Gasteiger partial charge < -0.3 is 0 Å². The standard InChI is InChI=1S/C10H11ClN2OS/c1-7(4-11)5-13-6-12-9-8(10(13)14)2-3-15-9/h2-3,6-7H,4-5H2,1H3. The lowest BCUT2D eigenvalue weighted by atomic mass is 10.2. The Bertz CT molecular complexity index is 519. The number of hydrogen-bond acceptors (Lipinski definition) is 3. The first-order valence-corrected chi connectivity index (χ1v) is 6.12. The first-order chi connectivity index (χ1) is 7.22. The summed E-state index contributed by atoms with van der Waals surface area (Å²) in [5.41, 5.74) is 0.0261. The van der Waals surface area contributed by atoms with Gasteiger partial charge in [-0.05, 0) is 17.4 Å². The van der Waals surface area contributed by atoms with Gasteiger partial charge in [0.25, 0.3) is 5.56 Å². The van der Waals surface area contributed by atoms with Gasteiger partial charge in [-0.15, -0.1) is 22.9 Å². The second-order valence-corrected chi connectivity index (χ2v) is 4.80. The Balaban J connectivity index is 2.44. The number of aromatic nitrogens is 2. The van der Waals surface area contributed by atoms with Crippen molar-refractivity contribution in [3.05, 3.63) is 28.1 Å². The Morgan fingerprint density at radius 2 is 2.47 bits per heavy atom. The maximum Gasteiger partial charge on any atom is 0.262 e. The third-order valence-electron chi connectivity index (χ3n) is 2.22. The SMILES string of the molecule is CC(CCl)Cn1cnc2sccc2c1=O. The van der Waals surface area contributed by atoms with Crippen LogP contribution < -0.4 is 5.56 Å². The quantitative estimate of drug-likeness (QED) is 0.775. The summed E-state index contributed by atoms with van der Waals surface area (Å²) in [4.78, 5) is 17.0. The molecule has 0 aromatic carbocycles. The second kappa shape index (κ2) is 4.33. The molecule has 0 radical (unpaired) electrons. The van der Waals surface area contributed by atoms with Crippen molar-refractivity contribution in [1.82, 2.24) is 9.55 Å². The van der Waals surface area contributed by atoms with E-state index in [1.807, 2.05) is 18.4 Å². The summed E-state index contributed by atoms with van der Waals surface area (Å²) < 4.78 is 1.63. The van der Waals surface area contributed by atoms with E-state index in [-0.39, 0.29) is 11.5 Å². The van der Waals surface area contributed by atoms with E-state index in [0.717, 1.165) is 4.83 Å². The normalized spacial score (nSPS) is 13.2. The van der Waals surface area contributed by atoms with Crippen LogP contribution in [0.3, 0.4) is 0 Å². The minimum absolute atomic E-state index is 0.0261. The van der Waals surface area contributed by atoms with Crippen LogP contribution in [0.25, 0.3) is 10.2 Å². The van der Waals surface area contributed by atoms with Crippen LogP contribution in [-0.2, 0) is 6.54 Å². The third kappa shape index (κ3) is 2.06. The van der Waals surface area contributed by atoms with Gasteiger partial charge in [0, 0.05) is 12.4 Å². The average Bonchev–Trinajstić information content (AvgIpc) is 2.70. The first-order valence-electron chi connectivity index (χ1n) is 4.71. The lowest BCUT2D eigenvalue weighted by Gasteiger charge is -2.09. The number of halogens is 1. The number of nitrogens with zero attached hydrogens (tertiary/aromatic N) is 2. The highest BCUT2D eigenvalue weighted by Gasteiger charge is 2.07. The Labute approximate surface area is 96.3 Å². The number of hydrogen-bond donors (Lipinski definition) is 0. The molecule has 2 rings (SSSR count). The van der Waals surface area contributed by atoms with Crippen molar-refractivity contribution < 1.29 is 0 Å². The molecule has 0 aliphatic heterocycles. The molecule has 0 N–H and O–H groups in total. The van der Waals surface area contributed by atoms with Gasteiger partial charge in [0.15, 0.2) is 0 Å². The summed E-state index contributed by atoms with van der Waals surface area (Å²) in [5.74, 6) is 0.830. The van der Waals surface area contributed by atoms with Crippen molar-refractivity contribution in [3.63, 3.8) is 0 Å². The van der Waals surface area contributed by atoms with E-state index < -0.39 is 0 Å². The number of thiophene rings is 1. The molecule has 1 atom stereocenters. The molecule has 0 spiro atoms. The zero-order valence-electron chi connectivity index (χ0n) is 8.31. The van der Waals surface area contributed by atoms with Gasteiger partial charge in [0.1, 0.15) is 4.83 Å². The molecule has 80 valence electrons. The van der Waals surface area contributed by atoms with E-state index in [9.17, 15) is 4.79 Å². The van der Waals surface area contributed by atoms with Crippen molar-refractivity contribution in [1.29, 1.82) is 0 Å². The average molecular weight is 243 g/mol. The molecule has 0 saturated carbocycles. The molecule has 3 nitrogen and oxygen atoms in total. The minimum Gasteiger partial charge on any atom is -0.298 e. The van der Waals surface area contributed by atoms with Crippen LogP contribution in [0.1, 0.15) is 6.92 Å². The highest BCUT2D eigenvalue weighted by molar-refractivity contribution is 7.16. The molecule has 5 heteroatoms. The fourth-order valence-electron chi connectivity index (χ4n) is 1.41. The molecular formula is C10H11ClN2OS. The molecule has 0 aliphatic carbocycles. The van der Waals surface area contributed by atoms with Gasteiger partial charge in [-0.2, -0.15) is 0 Å². The van der Waals surface area contributed by atoms with E-state index in [0.29, 0.717) is 17.8 Å². The number of fused-ring (bicyclic) bond motifs is 1. The Kier molecular flexibility index (Phi) is 3.07. The van der Waals surface area contributed by atoms with Gasteiger partial charge in [-0.25, -0.2) is 4.98 Å². The van der Waals surface area contributed by atoms with Crippen LogP contribution >= 0.6 is 22.9 Å². The van der Waals surface area contributed by atoms with Crippen molar-refractivity contribution in [3.8, 4) is 0 Å². The first kappa shape index (κ1) is 10.6. The minimum atomic E-state index is 0.0261. The van der Waals surface area contributed by atoms with Gasteiger partial charge in [0.2, 0.25) is 0 Å². The van der Waals surface area contributed by atoms with E-state index in [4.69, 9.17) is 11.6 Å². The molecule has 0 bridgehead atoms. The highest BCUT2D eigenvalue weighted by atomic mass is 35.5. The highest BCUT2D eigenvalue weighted by Crippen LogP contribution is 2.13. The van der Waals surface area contributed by atoms with Crippen LogP contribution in [0.5, 0.6) is 0 Å². The fraction of sp³-hybridized carbons (Fsp3) is 0.400. The molecular weight excluding hydrogens is 232 g/mol. The van der Waals surface area contributed by atoms with E-state index in [1.54, 1.807) is 10.9 Å². The van der Waals surface area contributed by atoms with Crippen molar-refractivity contribution in [2.24, 2.45) is 5.92 Å². The summed E-state index contributed by atoms with van der Waals surface area (Å²) in [6.07, 6.45) is 1.60. The zero-order valence-corrected chi connectivity index (χ0v) is 9.88. The lowest BCUT2D eigenvalue weighted by Crippen LogP contribution is -2.23. The second-order valence-electron chi connectivity index (χ2n) is 3.60. The Morgan fingerprint density at radius 1 is 1.67 bits per heavy atom. The molecule has 15 heavy (non-hydrogen) atoms. The largest absolute Gasteiger partial charge is 0.298 e. The molecule has 0 aliphatic rings. The number of rotatable bonds is 3. The van der Waals surface area contributed by atoms with Gasteiger partial charge in [-0.1, -0.05) is 6.92 Å². The monoisotopic (exact) mass is 242 g/mol. The predicted octanol–water partition coefficient (Wildman–Crippen LogP) is 2.33.